The molecule has 0 radical (unpaired) electrons. The first-order valence-electron chi connectivity index (χ1n) is 7.10. The minimum atomic E-state index is -1.24. The number of nitrogens with two attached hydrogens (primary N) is 1. The number of nitrogens with one attached hydrogen (secondary N) is 2. The number of carbonyl (C=O) groups excluding carboxylic acids is 3. The molecule has 0 saturated carbocycles. The van der Waals surface area contributed by atoms with E-state index in [-0.39, 0.29) is 11.1 Å². The van der Waals surface area contributed by atoms with Crippen LogP contribution < -0.4 is 16.6 Å². The molecular weight excluding hydrogens is 316 g/mol. The molecular formula is C15H16N4O5. The van der Waals surface area contributed by atoms with Crippen LogP contribution in [0.2, 0.25) is 0 Å². The van der Waals surface area contributed by atoms with Crippen molar-refractivity contribution in [2.75, 3.05) is 0 Å². The highest BCUT2D eigenvalue weighted by atomic mass is 16.5. The maximum absolute atomic E-state index is 12.4. The van der Waals surface area contributed by atoms with Gasteiger partial charge in [0.2, 0.25) is 0 Å². The quantitative estimate of drug-likeness (QED) is 0.687. The summed E-state index contributed by atoms with van der Waals surface area (Å²) in [5, 5.41) is 8.34. The first-order valence-corrected chi connectivity index (χ1v) is 7.10. The molecule has 2 rings (SSSR count). The van der Waals surface area contributed by atoms with Crippen LogP contribution in [0.25, 0.3) is 10.8 Å². The Bertz CT molecular complexity index is 858. The molecule has 4 N–H and O–H groups in total. The van der Waals surface area contributed by atoms with Crippen molar-refractivity contribution < 1.29 is 19.1 Å². The van der Waals surface area contributed by atoms with Crippen molar-refractivity contribution in [1.82, 2.24) is 15.5 Å². The molecule has 1 heterocycles. The van der Waals surface area contributed by atoms with Crippen LogP contribution in [0.3, 0.4) is 0 Å². The van der Waals surface area contributed by atoms with E-state index < -0.39 is 35.5 Å². The van der Waals surface area contributed by atoms with Crippen LogP contribution in [-0.2, 0) is 9.53 Å². The number of hydrogen-bond donors (Lipinski definition) is 3. The highest BCUT2D eigenvalue weighted by Crippen LogP contribution is 2.16. The van der Waals surface area contributed by atoms with Gasteiger partial charge in [-0.1, -0.05) is 32.0 Å². The first kappa shape index (κ1) is 17.1. The number of aromatic amines is 1. The zero-order chi connectivity index (χ0) is 17.9. The second-order valence-corrected chi connectivity index (χ2v) is 5.37. The summed E-state index contributed by atoms with van der Waals surface area (Å²) in [6.45, 7) is 3.27. The number of imide groups is 1. The molecule has 3 amide bonds. The molecule has 1 aromatic heterocycles. The fourth-order valence-corrected chi connectivity index (χ4v) is 2.13. The fraction of sp³-hybridized carbons (Fsp3) is 0.267. The lowest BCUT2D eigenvalue weighted by Crippen LogP contribution is -2.45. The summed E-state index contributed by atoms with van der Waals surface area (Å²) in [5.74, 6) is -2.15. The number of fused-ring (bicyclic) bond motifs is 1. The summed E-state index contributed by atoms with van der Waals surface area (Å²) in [5.41, 5.74) is 4.31. The lowest BCUT2D eigenvalue weighted by molar-refractivity contribution is -0.130. The van der Waals surface area contributed by atoms with Crippen molar-refractivity contribution in [3.05, 3.63) is 40.3 Å². The smallest absolute Gasteiger partial charge is 0.360 e. The van der Waals surface area contributed by atoms with Gasteiger partial charge in [-0.3, -0.25) is 14.9 Å². The zero-order valence-electron chi connectivity index (χ0n) is 13.0. The molecule has 1 aromatic carbocycles. The third-order valence-corrected chi connectivity index (χ3v) is 3.23. The maximum Gasteiger partial charge on any atom is 0.360 e. The molecule has 0 bridgehead atoms. The largest absolute Gasteiger partial charge is 0.447 e. The van der Waals surface area contributed by atoms with E-state index in [1.807, 2.05) is 5.32 Å². The van der Waals surface area contributed by atoms with E-state index in [2.05, 4.69) is 10.2 Å². The molecule has 9 nitrogen and oxygen atoms in total. The van der Waals surface area contributed by atoms with Gasteiger partial charge in [-0.2, -0.15) is 5.10 Å². The Hall–Kier alpha value is -3.23. The number of benzene rings is 1. The molecule has 0 saturated heterocycles. The van der Waals surface area contributed by atoms with E-state index in [0.29, 0.717) is 5.39 Å². The zero-order valence-corrected chi connectivity index (χ0v) is 13.0. The second kappa shape index (κ2) is 6.90. The minimum absolute atomic E-state index is 0.136. The maximum atomic E-state index is 12.4. The molecule has 0 spiro atoms. The number of esters is 1. The van der Waals surface area contributed by atoms with Crippen LogP contribution in [0.15, 0.2) is 29.1 Å². The Morgan fingerprint density at radius 2 is 1.83 bits per heavy atom. The van der Waals surface area contributed by atoms with Gasteiger partial charge in [-0.15, -0.1) is 0 Å². The minimum Gasteiger partial charge on any atom is -0.447 e. The molecule has 0 aliphatic rings. The van der Waals surface area contributed by atoms with Crippen molar-refractivity contribution in [1.29, 1.82) is 0 Å². The molecule has 2 aromatic rings. The molecule has 0 aliphatic heterocycles. The van der Waals surface area contributed by atoms with Gasteiger partial charge in [-0.05, 0) is 12.0 Å². The highest BCUT2D eigenvalue weighted by molar-refractivity contribution is 6.03. The summed E-state index contributed by atoms with van der Waals surface area (Å²) >= 11 is 0. The van der Waals surface area contributed by atoms with Crippen molar-refractivity contribution in [3.8, 4) is 0 Å². The Kier molecular flexibility index (Phi) is 4.93. The van der Waals surface area contributed by atoms with E-state index in [4.69, 9.17) is 10.5 Å². The number of hydrogen-bond acceptors (Lipinski definition) is 6. The normalized spacial score (nSPS) is 12.0. The standard InChI is InChI=1S/C15H16N4O5/c1-7(2)11(13(21)17-15(16)23)24-14(22)10-8-5-3-4-6-9(8)12(20)19-18-10/h3-7,11H,1-2H3,(H,19,20)(H3,16,17,21,23)/t11-/m0/s1. The summed E-state index contributed by atoms with van der Waals surface area (Å²) < 4.78 is 5.17. The fourth-order valence-electron chi connectivity index (χ4n) is 2.13. The first-order chi connectivity index (χ1) is 11.3. The van der Waals surface area contributed by atoms with Crippen LogP contribution in [0.4, 0.5) is 4.79 Å². The summed E-state index contributed by atoms with van der Waals surface area (Å²) in [6, 6.07) is 5.31. The van der Waals surface area contributed by atoms with Gasteiger partial charge in [0, 0.05) is 5.39 Å². The van der Waals surface area contributed by atoms with Gasteiger partial charge in [-0.25, -0.2) is 14.7 Å². The number of amides is 3. The van der Waals surface area contributed by atoms with Gasteiger partial charge < -0.3 is 10.5 Å². The van der Waals surface area contributed by atoms with E-state index in [9.17, 15) is 19.2 Å². The monoisotopic (exact) mass is 332 g/mol. The van der Waals surface area contributed by atoms with Gasteiger partial charge in [0.25, 0.3) is 11.5 Å². The number of ether oxygens (including phenoxy) is 1. The number of rotatable bonds is 4. The number of H-pyrrole nitrogens is 1. The Balaban J connectivity index is 2.35. The van der Waals surface area contributed by atoms with Crippen molar-refractivity contribution in [2.45, 2.75) is 20.0 Å². The molecule has 0 unspecified atom stereocenters. The molecule has 0 aliphatic carbocycles. The van der Waals surface area contributed by atoms with Gasteiger partial charge in [0.1, 0.15) is 0 Å². The van der Waals surface area contributed by atoms with E-state index in [1.165, 1.54) is 6.07 Å². The third-order valence-electron chi connectivity index (χ3n) is 3.23. The molecule has 9 heteroatoms. The summed E-state index contributed by atoms with van der Waals surface area (Å²) in [6.07, 6.45) is -1.24. The predicted molar refractivity (Wildman–Crippen MR) is 84.1 cm³/mol. The van der Waals surface area contributed by atoms with E-state index in [0.717, 1.165) is 0 Å². The van der Waals surface area contributed by atoms with Crippen molar-refractivity contribution >= 4 is 28.7 Å². The van der Waals surface area contributed by atoms with Crippen LogP contribution in [-0.4, -0.2) is 34.2 Å². The third kappa shape index (κ3) is 3.57. The Labute approximate surface area is 136 Å². The average Bonchev–Trinajstić information content (AvgIpc) is 2.52. The number of primary amides is 1. The van der Waals surface area contributed by atoms with Gasteiger partial charge >= 0.3 is 12.0 Å². The summed E-state index contributed by atoms with van der Waals surface area (Å²) in [7, 11) is 0. The number of aromatic nitrogens is 2. The van der Waals surface area contributed by atoms with Gasteiger partial charge in [0.15, 0.2) is 11.8 Å². The Morgan fingerprint density at radius 3 is 2.42 bits per heavy atom. The SMILES string of the molecule is CC(C)[C@H](OC(=O)c1n[nH]c(=O)c2ccccc12)C(=O)NC(N)=O. The number of urea groups is 1. The molecule has 126 valence electrons. The van der Waals surface area contributed by atoms with Crippen molar-refractivity contribution in [2.24, 2.45) is 11.7 Å². The van der Waals surface area contributed by atoms with Crippen LogP contribution >= 0.6 is 0 Å². The van der Waals surface area contributed by atoms with Gasteiger partial charge in [0.05, 0.1) is 5.39 Å². The number of carbonyl (C=O) groups is 3. The molecule has 1 atom stereocenters. The van der Waals surface area contributed by atoms with Crippen molar-refractivity contribution in [3.63, 3.8) is 0 Å². The lowest BCUT2D eigenvalue weighted by atomic mass is 10.1. The topological polar surface area (TPSA) is 144 Å². The Morgan fingerprint density at radius 1 is 1.21 bits per heavy atom. The second-order valence-electron chi connectivity index (χ2n) is 5.37. The predicted octanol–water partition coefficient (Wildman–Crippen LogP) is 0.299. The summed E-state index contributed by atoms with van der Waals surface area (Å²) in [4.78, 5) is 46.8. The average molecular weight is 332 g/mol. The lowest BCUT2D eigenvalue weighted by Gasteiger charge is -2.19. The highest BCUT2D eigenvalue weighted by Gasteiger charge is 2.29. The molecule has 0 fully saturated rings. The number of nitrogens with zero attached hydrogens (tertiary/aromatic N) is 1. The molecule has 24 heavy (non-hydrogen) atoms. The van der Waals surface area contributed by atoms with Crippen LogP contribution in [0, 0.1) is 5.92 Å². The van der Waals surface area contributed by atoms with E-state index >= 15 is 0 Å². The van der Waals surface area contributed by atoms with Crippen LogP contribution in [0.5, 0.6) is 0 Å². The van der Waals surface area contributed by atoms with Crippen LogP contribution in [0.1, 0.15) is 24.3 Å². The van der Waals surface area contributed by atoms with E-state index in [1.54, 1.807) is 32.0 Å².